The molecule has 0 aromatic heterocycles. The largest absolute Gasteiger partial charge is 0.330 e. The van der Waals surface area contributed by atoms with E-state index >= 15 is 0 Å². The SMILES string of the molecule is CC(C)(CN)CNCCc1ccc(F)c(Cl)c1. The highest BCUT2D eigenvalue weighted by atomic mass is 35.5. The van der Waals surface area contributed by atoms with Crippen molar-refractivity contribution in [1.29, 1.82) is 0 Å². The Bertz CT molecular complexity index is 366. The number of rotatable bonds is 6. The normalized spacial score (nSPS) is 11.8. The Morgan fingerprint density at radius 2 is 2.12 bits per heavy atom. The Labute approximate surface area is 107 Å². The summed E-state index contributed by atoms with van der Waals surface area (Å²) in [5.41, 5.74) is 6.79. The molecule has 0 radical (unpaired) electrons. The van der Waals surface area contributed by atoms with Gasteiger partial charge in [-0.15, -0.1) is 0 Å². The van der Waals surface area contributed by atoms with Gasteiger partial charge in [-0.05, 0) is 42.6 Å². The predicted molar refractivity (Wildman–Crippen MR) is 70.8 cm³/mol. The second-order valence-electron chi connectivity index (χ2n) is 5.04. The molecule has 0 aliphatic rings. The summed E-state index contributed by atoms with van der Waals surface area (Å²) in [5.74, 6) is -0.368. The predicted octanol–water partition coefficient (Wildman–Crippen LogP) is 2.60. The maximum Gasteiger partial charge on any atom is 0.141 e. The lowest BCUT2D eigenvalue weighted by atomic mass is 9.94. The Kier molecular flexibility index (Phi) is 5.37. The van der Waals surface area contributed by atoms with E-state index in [2.05, 4.69) is 19.2 Å². The molecule has 4 heteroatoms. The van der Waals surface area contributed by atoms with Crippen LogP contribution in [0.2, 0.25) is 5.02 Å². The molecule has 0 saturated carbocycles. The molecular weight excluding hydrogens is 239 g/mol. The first-order chi connectivity index (χ1) is 7.94. The van der Waals surface area contributed by atoms with Crippen molar-refractivity contribution in [3.63, 3.8) is 0 Å². The third-order valence-corrected chi connectivity index (χ3v) is 3.02. The molecule has 2 nitrogen and oxygen atoms in total. The third kappa shape index (κ3) is 5.02. The highest BCUT2D eigenvalue weighted by Gasteiger charge is 2.14. The molecule has 0 aliphatic heterocycles. The Morgan fingerprint density at radius 1 is 1.41 bits per heavy atom. The molecule has 3 N–H and O–H groups in total. The molecule has 0 fully saturated rings. The fourth-order valence-corrected chi connectivity index (χ4v) is 1.63. The third-order valence-electron chi connectivity index (χ3n) is 2.73. The van der Waals surface area contributed by atoms with Crippen molar-refractivity contribution in [3.8, 4) is 0 Å². The zero-order valence-electron chi connectivity index (χ0n) is 10.4. The van der Waals surface area contributed by atoms with Crippen LogP contribution in [-0.4, -0.2) is 19.6 Å². The quantitative estimate of drug-likeness (QED) is 0.770. The van der Waals surface area contributed by atoms with Crippen LogP contribution in [-0.2, 0) is 6.42 Å². The molecule has 0 saturated heterocycles. The molecule has 96 valence electrons. The first-order valence-electron chi connectivity index (χ1n) is 5.79. The van der Waals surface area contributed by atoms with Crippen molar-refractivity contribution >= 4 is 11.6 Å². The summed E-state index contributed by atoms with van der Waals surface area (Å²) >= 11 is 5.71. The van der Waals surface area contributed by atoms with Gasteiger partial charge in [0.25, 0.3) is 0 Å². The Balaban J connectivity index is 2.34. The van der Waals surface area contributed by atoms with Gasteiger partial charge >= 0.3 is 0 Å². The monoisotopic (exact) mass is 258 g/mol. The van der Waals surface area contributed by atoms with E-state index < -0.39 is 0 Å². The number of hydrogen-bond donors (Lipinski definition) is 2. The van der Waals surface area contributed by atoms with E-state index in [0.29, 0.717) is 6.54 Å². The van der Waals surface area contributed by atoms with E-state index in [0.717, 1.165) is 25.1 Å². The maximum absolute atomic E-state index is 12.9. The van der Waals surface area contributed by atoms with Gasteiger partial charge < -0.3 is 11.1 Å². The number of benzene rings is 1. The minimum Gasteiger partial charge on any atom is -0.330 e. The fraction of sp³-hybridized carbons (Fsp3) is 0.538. The maximum atomic E-state index is 12.9. The minimum atomic E-state index is -0.368. The van der Waals surface area contributed by atoms with Crippen LogP contribution in [0.15, 0.2) is 18.2 Å². The van der Waals surface area contributed by atoms with E-state index in [-0.39, 0.29) is 16.3 Å². The summed E-state index contributed by atoms with van der Waals surface area (Å²) in [5, 5.41) is 3.53. The number of hydrogen-bond acceptors (Lipinski definition) is 2. The van der Waals surface area contributed by atoms with E-state index in [1.54, 1.807) is 12.1 Å². The topological polar surface area (TPSA) is 38.0 Å². The van der Waals surface area contributed by atoms with Crippen LogP contribution >= 0.6 is 11.6 Å². The van der Waals surface area contributed by atoms with Gasteiger partial charge in [-0.2, -0.15) is 0 Å². The summed E-state index contributed by atoms with van der Waals surface area (Å²) in [6, 6.07) is 4.84. The van der Waals surface area contributed by atoms with Gasteiger partial charge in [0, 0.05) is 6.54 Å². The first kappa shape index (κ1) is 14.4. The summed E-state index contributed by atoms with van der Waals surface area (Å²) in [7, 11) is 0. The smallest absolute Gasteiger partial charge is 0.141 e. The summed E-state index contributed by atoms with van der Waals surface area (Å²) in [4.78, 5) is 0. The van der Waals surface area contributed by atoms with Gasteiger partial charge in [0.05, 0.1) is 5.02 Å². The Hall–Kier alpha value is -0.640. The van der Waals surface area contributed by atoms with Gasteiger partial charge in [-0.25, -0.2) is 4.39 Å². The van der Waals surface area contributed by atoms with Gasteiger partial charge in [-0.1, -0.05) is 31.5 Å². The summed E-state index contributed by atoms with van der Waals surface area (Å²) in [6.07, 6.45) is 0.834. The average molecular weight is 259 g/mol. The lowest BCUT2D eigenvalue weighted by Gasteiger charge is -2.22. The van der Waals surface area contributed by atoms with Crippen LogP contribution < -0.4 is 11.1 Å². The van der Waals surface area contributed by atoms with E-state index in [1.807, 2.05) is 0 Å². The van der Waals surface area contributed by atoms with Crippen LogP contribution in [0.25, 0.3) is 0 Å². The molecule has 1 aromatic rings. The lowest BCUT2D eigenvalue weighted by molar-refractivity contribution is 0.353. The van der Waals surface area contributed by atoms with Crippen molar-refractivity contribution in [3.05, 3.63) is 34.6 Å². The van der Waals surface area contributed by atoms with Gasteiger partial charge in [0.1, 0.15) is 5.82 Å². The number of halogens is 2. The van der Waals surface area contributed by atoms with E-state index in [4.69, 9.17) is 17.3 Å². The van der Waals surface area contributed by atoms with Crippen molar-refractivity contribution in [1.82, 2.24) is 5.32 Å². The van der Waals surface area contributed by atoms with Crippen molar-refractivity contribution < 1.29 is 4.39 Å². The van der Waals surface area contributed by atoms with Crippen LogP contribution in [0.3, 0.4) is 0 Å². The molecule has 0 amide bonds. The average Bonchev–Trinajstić information content (AvgIpc) is 2.29. The van der Waals surface area contributed by atoms with Gasteiger partial charge in [0.15, 0.2) is 0 Å². The lowest BCUT2D eigenvalue weighted by Crippen LogP contribution is -2.36. The second-order valence-corrected chi connectivity index (χ2v) is 5.45. The highest BCUT2D eigenvalue weighted by molar-refractivity contribution is 6.30. The minimum absolute atomic E-state index is 0.112. The molecule has 0 aliphatic carbocycles. The van der Waals surface area contributed by atoms with Crippen LogP contribution in [0.5, 0.6) is 0 Å². The molecule has 0 bridgehead atoms. The molecule has 0 atom stereocenters. The van der Waals surface area contributed by atoms with Gasteiger partial charge in [-0.3, -0.25) is 0 Å². The fourth-order valence-electron chi connectivity index (χ4n) is 1.43. The molecule has 17 heavy (non-hydrogen) atoms. The molecule has 0 spiro atoms. The van der Waals surface area contributed by atoms with Crippen LogP contribution in [0, 0.1) is 11.2 Å². The molecular formula is C13H20ClFN2. The summed E-state index contributed by atoms with van der Waals surface area (Å²) < 4.78 is 12.9. The Morgan fingerprint density at radius 3 is 2.71 bits per heavy atom. The van der Waals surface area contributed by atoms with E-state index in [1.165, 1.54) is 6.07 Å². The summed E-state index contributed by atoms with van der Waals surface area (Å²) in [6.45, 7) is 6.61. The van der Waals surface area contributed by atoms with Crippen molar-refractivity contribution in [2.45, 2.75) is 20.3 Å². The van der Waals surface area contributed by atoms with Crippen LogP contribution in [0.1, 0.15) is 19.4 Å². The van der Waals surface area contributed by atoms with E-state index in [9.17, 15) is 4.39 Å². The molecule has 0 unspecified atom stereocenters. The van der Waals surface area contributed by atoms with Crippen molar-refractivity contribution in [2.75, 3.05) is 19.6 Å². The highest BCUT2D eigenvalue weighted by Crippen LogP contribution is 2.16. The zero-order chi connectivity index (χ0) is 12.9. The number of nitrogens with one attached hydrogen (secondary N) is 1. The van der Waals surface area contributed by atoms with Crippen LogP contribution in [0.4, 0.5) is 4.39 Å². The van der Waals surface area contributed by atoms with Gasteiger partial charge in [0.2, 0.25) is 0 Å². The van der Waals surface area contributed by atoms with Crippen molar-refractivity contribution in [2.24, 2.45) is 11.1 Å². The number of nitrogens with two attached hydrogens (primary N) is 1. The first-order valence-corrected chi connectivity index (χ1v) is 6.17. The molecule has 0 heterocycles. The zero-order valence-corrected chi connectivity index (χ0v) is 11.1. The second kappa shape index (κ2) is 6.34. The molecule has 1 aromatic carbocycles. The standard InChI is InChI=1S/C13H20ClFN2/c1-13(2,8-16)9-17-6-5-10-3-4-12(15)11(14)7-10/h3-4,7,17H,5-6,8-9,16H2,1-2H3. The molecule has 1 rings (SSSR count).